The van der Waals surface area contributed by atoms with Crippen molar-refractivity contribution in [1.29, 1.82) is 0 Å². The zero-order chi connectivity index (χ0) is 9.56. The Balaban J connectivity index is 3.49. The monoisotopic (exact) mass is 171 g/mol. The van der Waals surface area contributed by atoms with Gasteiger partial charge in [-0.3, -0.25) is 0 Å². The SMILES string of the molecule is CC(C)C(C)CN/C=C/C(=O)O. The maximum Gasteiger partial charge on any atom is 0.329 e. The molecule has 0 saturated heterocycles. The maximum atomic E-state index is 10.1. The van der Waals surface area contributed by atoms with E-state index >= 15 is 0 Å². The highest BCUT2D eigenvalue weighted by Crippen LogP contribution is 2.07. The van der Waals surface area contributed by atoms with Gasteiger partial charge in [-0.1, -0.05) is 20.8 Å². The molecule has 0 aliphatic rings. The third kappa shape index (κ3) is 5.77. The van der Waals surface area contributed by atoms with Gasteiger partial charge in [0.25, 0.3) is 0 Å². The van der Waals surface area contributed by atoms with Gasteiger partial charge in [0.1, 0.15) is 0 Å². The van der Waals surface area contributed by atoms with Crippen molar-refractivity contribution in [2.24, 2.45) is 11.8 Å². The lowest BCUT2D eigenvalue weighted by Crippen LogP contribution is -2.19. The van der Waals surface area contributed by atoms with E-state index in [1.54, 1.807) is 0 Å². The van der Waals surface area contributed by atoms with Crippen LogP contribution in [0.25, 0.3) is 0 Å². The van der Waals surface area contributed by atoms with Crippen LogP contribution in [0.3, 0.4) is 0 Å². The molecule has 0 aromatic rings. The highest BCUT2D eigenvalue weighted by atomic mass is 16.4. The van der Waals surface area contributed by atoms with Gasteiger partial charge in [-0.2, -0.15) is 0 Å². The van der Waals surface area contributed by atoms with Gasteiger partial charge in [0.2, 0.25) is 0 Å². The van der Waals surface area contributed by atoms with E-state index in [0.717, 1.165) is 12.6 Å². The summed E-state index contributed by atoms with van der Waals surface area (Å²) in [6.07, 6.45) is 2.58. The average molecular weight is 171 g/mol. The summed E-state index contributed by atoms with van der Waals surface area (Å²) in [4.78, 5) is 10.1. The van der Waals surface area contributed by atoms with E-state index in [0.29, 0.717) is 11.8 Å². The first kappa shape index (κ1) is 11.0. The molecule has 3 nitrogen and oxygen atoms in total. The molecule has 0 heterocycles. The Morgan fingerprint density at radius 3 is 2.50 bits per heavy atom. The molecule has 0 radical (unpaired) electrons. The lowest BCUT2D eigenvalue weighted by atomic mass is 9.98. The highest BCUT2D eigenvalue weighted by molar-refractivity contribution is 5.79. The fourth-order valence-corrected chi connectivity index (χ4v) is 0.620. The summed E-state index contributed by atoms with van der Waals surface area (Å²) >= 11 is 0. The van der Waals surface area contributed by atoms with Crippen molar-refractivity contribution in [2.45, 2.75) is 20.8 Å². The number of aliphatic carboxylic acids is 1. The van der Waals surface area contributed by atoms with E-state index in [2.05, 4.69) is 26.1 Å². The third-order valence-electron chi connectivity index (χ3n) is 1.92. The van der Waals surface area contributed by atoms with Crippen LogP contribution >= 0.6 is 0 Å². The van der Waals surface area contributed by atoms with Crippen molar-refractivity contribution in [3.8, 4) is 0 Å². The predicted octanol–water partition coefficient (Wildman–Crippen LogP) is 1.47. The van der Waals surface area contributed by atoms with Crippen molar-refractivity contribution in [2.75, 3.05) is 6.54 Å². The normalized spacial score (nSPS) is 13.7. The van der Waals surface area contributed by atoms with Crippen LogP contribution in [0.4, 0.5) is 0 Å². The van der Waals surface area contributed by atoms with E-state index in [9.17, 15) is 4.79 Å². The summed E-state index contributed by atoms with van der Waals surface area (Å²) in [7, 11) is 0. The molecule has 0 aromatic carbocycles. The van der Waals surface area contributed by atoms with Gasteiger partial charge < -0.3 is 10.4 Å². The van der Waals surface area contributed by atoms with Crippen LogP contribution < -0.4 is 5.32 Å². The molecule has 0 aromatic heterocycles. The zero-order valence-electron chi connectivity index (χ0n) is 7.87. The van der Waals surface area contributed by atoms with Gasteiger partial charge in [0, 0.05) is 18.8 Å². The molecule has 0 bridgehead atoms. The second kappa shape index (κ2) is 5.63. The zero-order valence-corrected chi connectivity index (χ0v) is 7.87. The summed E-state index contributed by atoms with van der Waals surface area (Å²) in [5.74, 6) is 0.263. The maximum absolute atomic E-state index is 10.1. The molecule has 2 N–H and O–H groups in total. The minimum absolute atomic E-state index is 0.559. The molecule has 0 rings (SSSR count). The average Bonchev–Trinajstić information content (AvgIpc) is 1.97. The lowest BCUT2D eigenvalue weighted by molar-refractivity contribution is -0.131. The van der Waals surface area contributed by atoms with Crippen molar-refractivity contribution in [3.05, 3.63) is 12.3 Å². The molecule has 0 aliphatic heterocycles. The number of nitrogens with one attached hydrogen (secondary N) is 1. The Morgan fingerprint density at radius 1 is 1.50 bits per heavy atom. The number of carboxylic acid groups (broad SMARTS) is 1. The second-order valence-electron chi connectivity index (χ2n) is 3.30. The smallest absolute Gasteiger partial charge is 0.329 e. The molecular weight excluding hydrogens is 154 g/mol. The van der Waals surface area contributed by atoms with E-state index in [1.165, 1.54) is 6.20 Å². The highest BCUT2D eigenvalue weighted by Gasteiger charge is 2.04. The molecule has 0 amide bonds. The van der Waals surface area contributed by atoms with Crippen molar-refractivity contribution >= 4 is 5.97 Å². The van der Waals surface area contributed by atoms with Crippen LogP contribution in [0.5, 0.6) is 0 Å². The number of carboxylic acids is 1. The fourth-order valence-electron chi connectivity index (χ4n) is 0.620. The molecule has 1 unspecified atom stereocenters. The Labute approximate surface area is 73.5 Å². The van der Waals surface area contributed by atoms with E-state index in [-0.39, 0.29) is 0 Å². The summed E-state index contributed by atoms with van der Waals surface area (Å²) in [5.41, 5.74) is 0. The first-order valence-electron chi connectivity index (χ1n) is 4.17. The van der Waals surface area contributed by atoms with Crippen molar-refractivity contribution in [3.63, 3.8) is 0 Å². The van der Waals surface area contributed by atoms with Crippen LogP contribution in [0, 0.1) is 11.8 Å². The van der Waals surface area contributed by atoms with Gasteiger partial charge >= 0.3 is 5.97 Å². The Kier molecular flexibility index (Phi) is 5.17. The molecule has 1 atom stereocenters. The molecule has 0 saturated carbocycles. The van der Waals surface area contributed by atoms with Crippen LogP contribution in [0.2, 0.25) is 0 Å². The quantitative estimate of drug-likeness (QED) is 0.616. The molecule has 12 heavy (non-hydrogen) atoms. The van der Waals surface area contributed by atoms with Gasteiger partial charge in [0.05, 0.1) is 0 Å². The molecule has 0 spiro atoms. The second-order valence-corrected chi connectivity index (χ2v) is 3.30. The van der Waals surface area contributed by atoms with Gasteiger partial charge in [-0.15, -0.1) is 0 Å². The molecule has 0 aliphatic carbocycles. The number of carbonyl (C=O) groups is 1. The van der Waals surface area contributed by atoms with Gasteiger partial charge in [-0.25, -0.2) is 4.79 Å². The van der Waals surface area contributed by atoms with Crippen molar-refractivity contribution in [1.82, 2.24) is 5.32 Å². The summed E-state index contributed by atoms with van der Waals surface area (Å²) in [6.45, 7) is 7.24. The minimum Gasteiger partial charge on any atom is -0.478 e. The first-order valence-corrected chi connectivity index (χ1v) is 4.17. The predicted molar refractivity (Wildman–Crippen MR) is 48.8 cm³/mol. The fraction of sp³-hybridized carbons (Fsp3) is 0.667. The molecule has 3 heteroatoms. The van der Waals surface area contributed by atoms with Crippen LogP contribution in [0.15, 0.2) is 12.3 Å². The number of hydrogen-bond acceptors (Lipinski definition) is 2. The van der Waals surface area contributed by atoms with Gasteiger partial charge in [0.15, 0.2) is 0 Å². The molecule has 70 valence electrons. The Hall–Kier alpha value is -0.990. The van der Waals surface area contributed by atoms with E-state index < -0.39 is 5.97 Å². The standard InChI is InChI=1S/C9H17NO2/c1-7(2)8(3)6-10-5-4-9(11)12/h4-5,7-8,10H,6H2,1-3H3,(H,11,12)/b5-4+. The van der Waals surface area contributed by atoms with Crippen LogP contribution in [-0.2, 0) is 4.79 Å². The Morgan fingerprint density at radius 2 is 2.08 bits per heavy atom. The Bertz CT molecular complexity index is 164. The third-order valence-corrected chi connectivity index (χ3v) is 1.92. The van der Waals surface area contributed by atoms with Crippen molar-refractivity contribution < 1.29 is 9.90 Å². The topological polar surface area (TPSA) is 49.3 Å². The first-order chi connectivity index (χ1) is 5.54. The van der Waals surface area contributed by atoms with E-state index in [1.807, 2.05) is 0 Å². The van der Waals surface area contributed by atoms with Crippen LogP contribution in [-0.4, -0.2) is 17.6 Å². The summed E-state index contributed by atoms with van der Waals surface area (Å²) in [5, 5.41) is 11.2. The minimum atomic E-state index is -0.917. The van der Waals surface area contributed by atoms with Gasteiger partial charge in [-0.05, 0) is 11.8 Å². The van der Waals surface area contributed by atoms with E-state index in [4.69, 9.17) is 5.11 Å². The summed E-state index contributed by atoms with van der Waals surface area (Å²) < 4.78 is 0. The molecule has 0 fully saturated rings. The van der Waals surface area contributed by atoms with Crippen LogP contribution in [0.1, 0.15) is 20.8 Å². The number of rotatable bonds is 5. The largest absolute Gasteiger partial charge is 0.478 e. The number of hydrogen-bond donors (Lipinski definition) is 2. The molecular formula is C9H17NO2. The summed E-state index contributed by atoms with van der Waals surface area (Å²) in [6, 6.07) is 0. The lowest BCUT2D eigenvalue weighted by Gasteiger charge is -2.14.